The fourth-order valence-corrected chi connectivity index (χ4v) is 3.54. The van der Waals surface area contributed by atoms with Crippen molar-refractivity contribution >= 4 is 23.5 Å². The number of ketones is 1. The Bertz CT molecular complexity index is 550. The molecule has 0 saturated carbocycles. The number of cyclic esters (lactones) is 1. The van der Waals surface area contributed by atoms with Gasteiger partial charge in [-0.25, -0.2) is 4.79 Å². The molecule has 20 heavy (non-hydrogen) atoms. The molecule has 0 aliphatic carbocycles. The van der Waals surface area contributed by atoms with Crippen LogP contribution >= 0.6 is 11.8 Å². The molecular formula is C15H15NO3S. The molecule has 2 fully saturated rings. The number of ether oxygens (including phenoxy) is 1. The predicted molar refractivity (Wildman–Crippen MR) is 76.9 cm³/mol. The fourth-order valence-electron chi connectivity index (χ4n) is 2.40. The van der Waals surface area contributed by atoms with Crippen LogP contribution in [0.15, 0.2) is 40.9 Å². The third kappa shape index (κ3) is 2.58. The minimum atomic E-state index is -0.475. The summed E-state index contributed by atoms with van der Waals surface area (Å²) < 4.78 is 4.84. The molecule has 0 bridgehead atoms. The van der Waals surface area contributed by atoms with E-state index in [4.69, 9.17) is 4.74 Å². The van der Waals surface area contributed by atoms with E-state index in [0.717, 1.165) is 23.7 Å². The maximum atomic E-state index is 11.8. The number of thioether (sulfide) groups is 1. The standard InChI is InChI=1S/C15H15NO3S/c17-12-10-19-15(18)13(12)14-16(7-4-8-20-14)9-11-5-2-1-3-6-11/h1-3,5-6H,4,7-10H2/b14-13-. The second-order valence-corrected chi connectivity index (χ2v) is 5.87. The van der Waals surface area contributed by atoms with Gasteiger partial charge in [0.15, 0.2) is 6.61 Å². The number of hydrogen-bond acceptors (Lipinski definition) is 5. The molecule has 0 N–H and O–H groups in total. The van der Waals surface area contributed by atoms with Crippen LogP contribution in [0.3, 0.4) is 0 Å². The van der Waals surface area contributed by atoms with Crippen molar-refractivity contribution in [2.24, 2.45) is 0 Å². The molecule has 104 valence electrons. The van der Waals surface area contributed by atoms with Crippen LogP contribution in [0.5, 0.6) is 0 Å². The van der Waals surface area contributed by atoms with Crippen LogP contribution in [0.1, 0.15) is 12.0 Å². The van der Waals surface area contributed by atoms with E-state index in [1.165, 1.54) is 5.56 Å². The molecule has 1 aromatic carbocycles. The number of benzene rings is 1. The highest BCUT2D eigenvalue weighted by Crippen LogP contribution is 2.33. The first-order chi connectivity index (χ1) is 9.75. The highest BCUT2D eigenvalue weighted by molar-refractivity contribution is 8.03. The maximum absolute atomic E-state index is 11.8. The van der Waals surface area contributed by atoms with E-state index >= 15 is 0 Å². The van der Waals surface area contributed by atoms with E-state index in [0.29, 0.717) is 6.54 Å². The Morgan fingerprint density at radius 2 is 2.00 bits per heavy atom. The molecule has 0 spiro atoms. The number of hydrogen-bond donors (Lipinski definition) is 0. The summed E-state index contributed by atoms with van der Waals surface area (Å²) in [5, 5.41) is 0.785. The second-order valence-electron chi connectivity index (χ2n) is 4.79. The summed E-state index contributed by atoms with van der Waals surface area (Å²) in [6.45, 7) is 1.46. The molecule has 0 aromatic heterocycles. The van der Waals surface area contributed by atoms with Crippen molar-refractivity contribution in [1.82, 2.24) is 4.90 Å². The number of esters is 1. The molecule has 2 aliphatic heterocycles. The van der Waals surface area contributed by atoms with Crippen LogP contribution in [0.2, 0.25) is 0 Å². The zero-order valence-corrected chi connectivity index (χ0v) is 11.8. The molecule has 2 saturated heterocycles. The molecule has 0 amide bonds. The zero-order valence-electron chi connectivity index (χ0n) is 11.0. The summed E-state index contributed by atoms with van der Waals surface area (Å²) in [7, 11) is 0. The SMILES string of the molecule is O=C1COC(=O)/C1=C1\SCCCN1Cc1ccccc1. The molecule has 3 rings (SSSR count). The maximum Gasteiger partial charge on any atom is 0.345 e. The lowest BCUT2D eigenvalue weighted by Gasteiger charge is -2.31. The van der Waals surface area contributed by atoms with Crippen molar-refractivity contribution in [3.8, 4) is 0 Å². The number of Topliss-reactive ketones (excluding diaryl/α,β-unsaturated/α-hetero) is 1. The Hall–Kier alpha value is -1.75. The average molecular weight is 289 g/mol. The Morgan fingerprint density at radius 3 is 2.70 bits per heavy atom. The predicted octanol–water partition coefficient (Wildman–Crippen LogP) is 1.96. The summed E-state index contributed by atoms with van der Waals surface area (Å²) in [6, 6.07) is 10.1. The number of carbonyl (C=O) groups excluding carboxylic acids is 2. The average Bonchev–Trinajstić information content (AvgIpc) is 2.80. The van der Waals surface area contributed by atoms with Gasteiger partial charge in [-0.3, -0.25) is 4.79 Å². The second kappa shape index (κ2) is 5.71. The lowest BCUT2D eigenvalue weighted by molar-refractivity contribution is -0.135. The first-order valence-electron chi connectivity index (χ1n) is 6.62. The van der Waals surface area contributed by atoms with Crippen LogP contribution in [0, 0.1) is 0 Å². The van der Waals surface area contributed by atoms with Crippen molar-refractivity contribution in [3.63, 3.8) is 0 Å². The highest BCUT2D eigenvalue weighted by atomic mass is 32.2. The van der Waals surface area contributed by atoms with E-state index in [1.54, 1.807) is 11.8 Å². The van der Waals surface area contributed by atoms with Gasteiger partial charge in [-0.05, 0) is 12.0 Å². The number of nitrogens with zero attached hydrogens (tertiary/aromatic N) is 1. The van der Waals surface area contributed by atoms with Gasteiger partial charge in [-0.15, -0.1) is 11.8 Å². The molecule has 2 heterocycles. The van der Waals surface area contributed by atoms with Gasteiger partial charge >= 0.3 is 5.97 Å². The molecule has 5 heteroatoms. The van der Waals surface area contributed by atoms with E-state index in [1.807, 2.05) is 18.2 Å². The third-order valence-corrected chi connectivity index (χ3v) is 4.57. The lowest BCUT2D eigenvalue weighted by Crippen LogP contribution is -2.29. The minimum absolute atomic E-state index is 0.114. The lowest BCUT2D eigenvalue weighted by atomic mass is 10.2. The van der Waals surface area contributed by atoms with Crippen molar-refractivity contribution in [2.75, 3.05) is 18.9 Å². The van der Waals surface area contributed by atoms with Crippen LogP contribution in [0.4, 0.5) is 0 Å². The summed E-state index contributed by atoms with van der Waals surface area (Å²) in [5.41, 5.74) is 1.41. The van der Waals surface area contributed by atoms with Gasteiger partial charge in [0.1, 0.15) is 5.57 Å². The van der Waals surface area contributed by atoms with Crippen LogP contribution in [-0.4, -0.2) is 35.6 Å². The van der Waals surface area contributed by atoms with E-state index in [9.17, 15) is 9.59 Å². The molecular weight excluding hydrogens is 274 g/mol. The van der Waals surface area contributed by atoms with Crippen LogP contribution in [-0.2, 0) is 20.9 Å². The van der Waals surface area contributed by atoms with Crippen LogP contribution in [0.25, 0.3) is 0 Å². The van der Waals surface area contributed by atoms with Gasteiger partial charge in [-0.1, -0.05) is 30.3 Å². The molecule has 0 radical (unpaired) electrons. The van der Waals surface area contributed by atoms with Gasteiger partial charge in [0, 0.05) is 18.8 Å². The van der Waals surface area contributed by atoms with Crippen molar-refractivity contribution in [2.45, 2.75) is 13.0 Å². The van der Waals surface area contributed by atoms with Crippen molar-refractivity contribution in [3.05, 3.63) is 46.5 Å². The molecule has 0 atom stereocenters. The van der Waals surface area contributed by atoms with Gasteiger partial charge in [0.25, 0.3) is 0 Å². The Kier molecular flexibility index (Phi) is 3.78. The van der Waals surface area contributed by atoms with Gasteiger partial charge < -0.3 is 9.64 Å². The normalized spacial score (nSPS) is 23.1. The van der Waals surface area contributed by atoms with Crippen molar-refractivity contribution in [1.29, 1.82) is 0 Å². The largest absolute Gasteiger partial charge is 0.454 e. The van der Waals surface area contributed by atoms with Gasteiger partial charge in [0.05, 0.1) is 5.03 Å². The molecule has 1 aromatic rings. The first kappa shape index (κ1) is 13.2. The first-order valence-corrected chi connectivity index (χ1v) is 7.60. The Balaban J connectivity index is 1.90. The fraction of sp³-hybridized carbons (Fsp3) is 0.333. The number of rotatable bonds is 2. The van der Waals surface area contributed by atoms with E-state index < -0.39 is 5.97 Å². The van der Waals surface area contributed by atoms with Gasteiger partial charge in [-0.2, -0.15) is 0 Å². The quantitative estimate of drug-likeness (QED) is 0.473. The smallest absolute Gasteiger partial charge is 0.345 e. The molecule has 2 aliphatic rings. The van der Waals surface area contributed by atoms with E-state index in [-0.39, 0.29) is 18.0 Å². The van der Waals surface area contributed by atoms with E-state index in [2.05, 4.69) is 17.0 Å². The molecule has 4 nitrogen and oxygen atoms in total. The third-order valence-electron chi connectivity index (χ3n) is 3.35. The summed E-state index contributed by atoms with van der Waals surface area (Å²) in [4.78, 5) is 25.7. The number of carbonyl (C=O) groups is 2. The molecule has 0 unspecified atom stereocenters. The Labute approximate surface area is 121 Å². The Morgan fingerprint density at radius 1 is 1.20 bits per heavy atom. The summed E-state index contributed by atoms with van der Waals surface area (Å²) in [5.74, 6) is 0.264. The zero-order chi connectivity index (χ0) is 13.9. The van der Waals surface area contributed by atoms with Crippen molar-refractivity contribution < 1.29 is 14.3 Å². The summed E-state index contributed by atoms with van der Waals surface area (Å²) >= 11 is 1.58. The minimum Gasteiger partial charge on any atom is -0.454 e. The summed E-state index contributed by atoms with van der Waals surface area (Å²) in [6.07, 6.45) is 1.05. The highest BCUT2D eigenvalue weighted by Gasteiger charge is 2.35. The van der Waals surface area contributed by atoms with Crippen LogP contribution < -0.4 is 0 Å². The monoisotopic (exact) mass is 289 g/mol. The topological polar surface area (TPSA) is 46.6 Å². The van der Waals surface area contributed by atoms with Gasteiger partial charge in [0.2, 0.25) is 5.78 Å².